The summed E-state index contributed by atoms with van der Waals surface area (Å²) in [7, 11) is 0. The molecule has 0 aliphatic heterocycles. The van der Waals surface area contributed by atoms with Crippen molar-refractivity contribution >= 4 is 23.2 Å². The molecule has 2 heterocycles. The standard InChI is InChI=1S/C19H20N4O3/c1-5-26-19(25)17-12(3)20-16-10-15(22-23(16)13(17)4)18(24)21-14-8-6-11(2)7-9-14/h6-10H,5H2,1-4H3,(H,21,24). The van der Waals surface area contributed by atoms with Gasteiger partial charge in [0.25, 0.3) is 5.91 Å². The van der Waals surface area contributed by atoms with E-state index in [1.54, 1.807) is 26.8 Å². The van der Waals surface area contributed by atoms with Crippen LogP contribution in [0.1, 0.15) is 44.7 Å². The molecule has 7 heteroatoms. The second-order valence-electron chi connectivity index (χ2n) is 6.00. The van der Waals surface area contributed by atoms with E-state index in [-0.39, 0.29) is 18.2 Å². The Morgan fingerprint density at radius 1 is 1.15 bits per heavy atom. The molecule has 0 saturated heterocycles. The van der Waals surface area contributed by atoms with Crippen LogP contribution in [0, 0.1) is 20.8 Å². The summed E-state index contributed by atoms with van der Waals surface area (Å²) in [5.41, 5.74) is 4.01. The Labute approximate surface area is 151 Å². The molecule has 0 bridgehead atoms. The number of hydrogen-bond acceptors (Lipinski definition) is 5. The van der Waals surface area contributed by atoms with Crippen LogP contribution in [0.4, 0.5) is 5.69 Å². The number of anilines is 1. The summed E-state index contributed by atoms with van der Waals surface area (Å²) in [6.07, 6.45) is 0. The first kappa shape index (κ1) is 17.6. The molecule has 26 heavy (non-hydrogen) atoms. The van der Waals surface area contributed by atoms with Crippen molar-refractivity contribution in [2.24, 2.45) is 0 Å². The molecular formula is C19H20N4O3. The van der Waals surface area contributed by atoms with Gasteiger partial charge in [-0.05, 0) is 39.8 Å². The molecule has 1 N–H and O–H groups in total. The number of aryl methyl sites for hydroxylation is 3. The quantitative estimate of drug-likeness (QED) is 0.729. The molecule has 0 aliphatic rings. The molecule has 0 unspecified atom stereocenters. The number of esters is 1. The van der Waals surface area contributed by atoms with Gasteiger partial charge in [-0.2, -0.15) is 5.10 Å². The fourth-order valence-electron chi connectivity index (χ4n) is 2.73. The molecule has 0 radical (unpaired) electrons. The Morgan fingerprint density at radius 2 is 1.85 bits per heavy atom. The number of nitrogens with zero attached hydrogens (tertiary/aromatic N) is 3. The minimum atomic E-state index is -0.446. The first-order valence-corrected chi connectivity index (χ1v) is 8.32. The summed E-state index contributed by atoms with van der Waals surface area (Å²) in [6, 6.07) is 9.09. The third kappa shape index (κ3) is 3.28. The van der Waals surface area contributed by atoms with Crippen LogP contribution in [0.3, 0.4) is 0 Å². The number of ether oxygens (including phenoxy) is 1. The summed E-state index contributed by atoms with van der Waals surface area (Å²) >= 11 is 0. The third-order valence-corrected chi connectivity index (χ3v) is 4.04. The lowest BCUT2D eigenvalue weighted by molar-refractivity contribution is 0.0523. The molecular weight excluding hydrogens is 332 g/mol. The second kappa shape index (κ2) is 6.95. The molecule has 0 saturated carbocycles. The number of carbonyl (C=O) groups is 2. The van der Waals surface area contributed by atoms with Crippen LogP contribution in [-0.4, -0.2) is 33.1 Å². The van der Waals surface area contributed by atoms with Crippen molar-refractivity contribution in [1.29, 1.82) is 0 Å². The summed E-state index contributed by atoms with van der Waals surface area (Å²) in [5, 5.41) is 7.11. The predicted octanol–water partition coefficient (Wildman–Crippen LogP) is 3.08. The SMILES string of the molecule is CCOC(=O)c1c(C)nc2cc(C(=O)Nc3ccc(C)cc3)nn2c1C. The Bertz CT molecular complexity index is 990. The highest BCUT2D eigenvalue weighted by Gasteiger charge is 2.20. The maximum absolute atomic E-state index is 12.5. The summed E-state index contributed by atoms with van der Waals surface area (Å²) in [6.45, 7) is 7.49. The van der Waals surface area contributed by atoms with Crippen LogP contribution in [0.2, 0.25) is 0 Å². The molecule has 7 nitrogen and oxygen atoms in total. The zero-order chi connectivity index (χ0) is 18.8. The Hall–Kier alpha value is -3.22. The van der Waals surface area contributed by atoms with Gasteiger partial charge in [0, 0.05) is 11.8 Å². The fourth-order valence-corrected chi connectivity index (χ4v) is 2.73. The number of benzene rings is 1. The van der Waals surface area contributed by atoms with E-state index in [4.69, 9.17) is 4.74 Å². The first-order chi connectivity index (χ1) is 12.4. The third-order valence-electron chi connectivity index (χ3n) is 4.04. The molecule has 134 valence electrons. The van der Waals surface area contributed by atoms with E-state index in [2.05, 4.69) is 15.4 Å². The van der Waals surface area contributed by atoms with Crippen LogP contribution < -0.4 is 5.32 Å². The zero-order valence-corrected chi connectivity index (χ0v) is 15.2. The van der Waals surface area contributed by atoms with Gasteiger partial charge in [0.05, 0.1) is 18.0 Å². The largest absolute Gasteiger partial charge is 0.462 e. The van der Waals surface area contributed by atoms with Crippen LogP contribution in [0.15, 0.2) is 30.3 Å². The van der Waals surface area contributed by atoms with E-state index in [0.717, 1.165) is 5.56 Å². The number of fused-ring (bicyclic) bond motifs is 1. The van der Waals surface area contributed by atoms with Gasteiger partial charge in [0.15, 0.2) is 11.3 Å². The van der Waals surface area contributed by atoms with Crippen molar-refractivity contribution in [2.75, 3.05) is 11.9 Å². The number of amides is 1. The van der Waals surface area contributed by atoms with Gasteiger partial charge in [-0.15, -0.1) is 0 Å². The van der Waals surface area contributed by atoms with Gasteiger partial charge in [-0.1, -0.05) is 17.7 Å². The average molecular weight is 352 g/mol. The monoisotopic (exact) mass is 352 g/mol. The van der Waals surface area contributed by atoms with Crippen molar-refractivity contribution in [3.05, 3.63) is 58.5 Å². The van der Waals surface area contributed by atoms with Gasteiger partial charge in [-0.3, -0.25) is 4.79 Å². The van der Waals surface area contributed by atoms with Gasteiger partial charge in [-0.25, -0.2) is 14.3 Å². The lowest BCUT2D eigenvalue weighted by Gasteiger charge is -2.09. The van der Waals surface area contributed by atoms with Crippen molar-refractivity contribution in [2.45, 2.75) is 27.7 Å². The number of nitrogens with one attached hydrogen (secondary N) is 1. The fraction of sp³-hybridized carbons (Fsp3) is 0.263. The Balaban J connectivity index is 1.96. The van der Waals surface area contributed by atoms with Crippen LogP contribution in [0.5, 0.6) is 0 Å². The van der Waals surface area contributed by atoms with E-state index in [0.29, 0.717) is 28.3 Å². The molecule has 2 aromatic heterocycles. The van der Waals surface area contributed by atoms with Gasteiger partial charge >= 0.3 is 5.97 Å². The normalized spacial score (nSPS) is 10.8. The van der Waals surface area contributed by atoms with Crippen LogP contribution >= 0.6 is 0 Å². The maximum atomic E-state index is 12.5. The van der Waals surface area contributed by atoms with Crippen LogP contribution in [-0.2, 0) is 4.74 Å². The molecule has 0 fully saturated rings. The molecule has 1 aromatic carbocycles. The predicted molar refractivity (Wildman–Crippen MR) is 97.5 cm³/mol. The number of aromatic nitrogens is 3. The van der Waals surface area contributed by atoms with Crippen molar-refractivity contribution in [3.8, 4) is 0 Å². The first-order valence-electron chi connectivity index (χ1n) is 8.32. The summed E-state index contributed by atoms with van der Waals surface area (Å²) in [5.74, 6) is -0.785. The zero-order valence-electron chi connectivity index (χ0n) is 15.2. The molecule has 0 aliphatic carbocycles. The van der Waals surface area contributed by atoms with E-state index >= 15 is 0 Å². The Kier molecular flexibility index (Phi) is 4.71. The summed E-state index contributed by atoms with van der Waals surface area (Å²) < 4.78 is 6.57. The minimum Gasteiger partial charge on any atom is -0.462 e. The maximum Gasteiger partial charge on any atom is 0.341 e. The molecule has 3 rings (SSSR count). The molecule has 3 aromatic rings. The topological polar surface area (TPSA) is 85.6 Å². The number of hydrogen-bond donors (Lipinski definition) is 1. The van der Waals surface area contributed by atoms with Crippen molar-refractivity contribution in [3.63, 3.8) is 0 Å². The highest BCUT2D eigenvalue weighted by atomic mass is 16.5. The van der Waals surface area contributed by atoms with E-state index in [1.165, 1.54) is 4.52 Å². The van der Waals surface area contributed by atoms with Crippen LogP contribution in [0.25, 0.3) is 5.65 Å². The van der Waals surface area contributed by atoms with Crippen molar-refractivity contribution < 1.29 is 14.3 Å². The second-order valence-corrected chi connectivity index (χ2v) is 6.00. The van der Waals surface area contributed by atoms with Gasteiger partial charge in [0.1, 0.15) is 5.56 Å². The van der Waals surface area contributed by atoms with E-state index in [1.807, 2.05) is 31.2 Å². The highest BCUT2D eigenvalue weighted by molar-refractivity contribution is 6.03. The Morgan fingerprint density at radius 3 is 2.50 bits per heavy atom. The summed E-state index contributed by atoms with van der Waals surface area (Å²) in [4.78, 5) is 29.0. The minimum absolute atomic E-state index is 0.224. The number of carbonyl (C=O) groups excluding carboxylic acids is 2. The average Bonchev–Trinajstić information content (AvgIpc) is 3.01. The van der Waals surface area contributed by atoms with Crippen molar-refractivity contribution in [1.82, 2.24) is 14.6 Å². The lowest BCUT2D eigenvalue weighted by Crippen LogP contribution is -2.15. The molecule has 0 spiro atoms. The molecule has 1 amide bonds. The van der Waals surface area contributed by atoms with Gasteiger partial charge < -0.3 is 10.1 Å². The van der Waals surface area contributed by atoms with Gasteiger partial charge in [0.2, 0.25) is 0 Å². The van der Waals surface area contributed by atoms with E-state index in [9.17, 15) is 9.59 Å². The number of rotatable bonds is 4. The van der Waals surface area contributed by atoms with E-state index < -0.39 is 5.97 Å². The highest BCUT2D eigenvalue weighted by Crippen LogP contribution is 2.17. The molecule has 0 atom stereocenters. The smallest absolute Gasteiger partial charge is 0.341 e. The lowest BCUT2D eigenvalue weighted by atomic mass is 10.2.